The first kappa shape index (κ1) is 17.1. The zero-order valence-electron chi connectivity index (χ0n) is 12.3. The number of nitrogens with zero attached hydrogens (tertiary/aromatic N) is 3. The number of carboxylic acid groups (broad SMARTS) is 1. The highest BCUT2D eigenvalue weighted by Gasteiger charge is 2.30. The molecule has 1 aromatic rings. The van der Waals surface area contributed by atoms with Crippen molar-refractivity contribution < 1.29 is 29.3 Å². The molecule has 0 aliphatic carbocycles. The van der Waals surface area contributed by atoms with E-state index in [9.17, 15) is 29.8 Å². The van der Waals surface area contributed by atoms with Gasteiger partial charge in [-0.1, -0.05) is 0 Å². The summed E-state index contributed by atoms with van der Waals surface area (Å²) >= 11 is 0. The Morgan fingerprint density at radius 1 is 1.17 bits per heavy atom. The molecule has 1 heterocycles. The fourth-order valence-corrected chi connectivity index (χ4v) is 2.35. The van der Waals surface area contributed by atoms with Crippen LogP contribution >= 0.6 is 0 Å². The van der Waals surface area contributed by atoms with Gasteiger partial charge in [0, 0.05) is 19.2 Å². The fourth-order valence-electron chi connectivity index (χ4n) is 2.35. The molecule has 1 fully saturated rings. The largest absolute Gasteiger partial charge is 0.465 e. The summed E-state index contributed by atoms with van der Waals surface area (Å²) in [5, 5.41) is 30.5. The number of nitro groups is 2. The lowest BCUT2D eigenvalue weighted by atomic mass is 9.97. The van der Waals surface area contributed by atoms with Gasteiger partial charge < -0.3 is 14.7 Å². The van der Waals surface area contributed by atoms with Gasteiger partial charge >= 0.3 is 17.7 Å². The number of amides is 1. The smallest absolute Gasteiger partial charge is 0.407 e. The molecule has 24 heavy (non-hydrogen) atoms. The molecule has 0 aromatic heterocycles. The summed E-state index contributed by atoms with van der Waals surface area (Å²) < 4.78 is 5.01. The highest BCUT2D eigenvalue weighted by atomic mass is 16.6. The van der Waals surface area contributed by atoms with Gasteiger partial charge in [-0.3, -0.25) is 25.0 Å². The number of piperidine rings is 1. The van der Waals surface area contributed by atoms with E-state index in [2.05, 4.69) is 0 Å². The molecule has 0 bridgehead atoms. The summed E-state index contributed by atoms with van der Waals surface area (Å²) in [5.74, 6) is -1.69. The summed E-state index contributed by atoms with van der Waals surface area (Å²) in [5.41, 5.74) is -1.17. The average Bonchev–Trinajstić information content (AvgIpc) is 2.54. The summed E-state index contributed by atoms with van der Waals surface area (Å²) in [6.45, 7) is 0.328. The third-order valence-corrected chi connectivity index (χ3v) is 3.66. The van der Waals surface area contributed by atoms with Crippen LogP contribution < -0.4 is 4.74 Å². The van der Waals surface area contributed by atoms with Crippen LogP contribution in [0.25, 0.3) is 0 Å². The highest BCUT2D eigenvalue weighted by molar-refractivity contribution is 5.77. The standard InChI is InChI=1S/C13H13N3O8/c17-12(8-3-5-14(6-4-8)13(18)19)24-11-2-1-9(15(20)21)7-10(11)16(22)23/h1-2,7-8H,3-6H2,(H,18,19). The Morgan fingerprint density at radius 2 is 1.79 bits per heavy atom. The van der Waals surface area contributed by atoms with Gasteiger partial charge in [-0.25, -0.2) is 4.79 Å². The summed E-state index contributed by atoms with van der Waals surface area (Å²) in [6.07, 6.45) is -0.592. The Kier molecular flexibility index (Phi) is 4.92. The predicted molar refractivity (Wildman–Crippen MR) is 77.7 cm³/mol. The van der Waals surface area contributed by atoms with E-state index in [0.717, 1.165) is 23.1 Å². The second-order valence-electron chi connectivity index (χ2n) is 5.13. The van der Waals surface area contributed by atoms with Crippen LogP contribution in [0.1, 0.15) is 12.8 Å². The van der Waals surface area contributed by atoms with Crippen LogP contribution in [-0.2, 0) is 4.79 Å². The van der Waals surface area contributed by atoms with E-state index >= 15 is 0 Å². The predicted octanol–water partition coefficient (Wildman–Crippen LogP) is 1.80. The molecule has 1 saturated heterocycles. The number of esters is 1. The van der Waals surface area contributed by atoms with Gasteiger partial charge in [0.2, 0.25) is 5.75 Å². The quantitative estimate of drug-likeness (QED) is 0.377. The molecule has 2 rings (SSSR count). The van der Waals surface area contributed by atoms with E-state index < -0.39 is 39.2 Å². The highest BCUT2D eigenvalue weighted by Crippen LogP contribution is 2.32. The molecule has 1 N–H and O–H groups in total. The van der Waals surface area contributed by atoms with Crippen molar-refractivity contribution in [1.29, 1.82) is 0 Å². The average molecular weight is 339 g/mol. The zero-order chi connectivity index (χ0) is 17.9. The molecule has 1 aromatic carbocycles. The van der Waals surface area contributed by atoms with Crippen molar-refractivity contribution in [3.8, 4) is 5.75 Å². The normalized spacial score (nSPS) is 14.9. The summed E-state index contributed by atoms with van der Waals surface area (Å²) in [6, 6.07) is 2.72. The molecular weight excluding hydrogens is 326 g/mol. The van der Waals surface area contributed by atoms with Crippen LogP contribution in [0, 0.1) is 26.1 Å². The van der Waals surface area contributed by atoms with Crippen molar-refractivity contribution in [2.75, 3.05) is 13.1 Å². The molecule has 1 aliphatic heterocycles. The van der Waals surface area contributed by atoms with Gasteiger partial charge in [0.1, 0.15) is 0 Å². The number of benzene rings is 1. The van der Waals surface area contributed by atoms with Crippen LogP contribution in [-0.4, -0.2) is 45.0 Å². The fraction of sp³-hybridized carbons (Fsp3) is 0.385. The van der Waals surface area contributed by atoms with Crippen LogP contribution in [0.3, 0.4) is 0 Å². The lowest BCUT2D eigenvalue weighted by molar-refractivity contribution is -0.394. The van der Waals surface area contributed by atoms with Crippen molar-refractivity contribution in [2.24, 2.45) is 5.92 Å². The van der Waals surface area contributed by atoms with Crippen LogP contribution in [0.4, 0.5) is 16.2 Å². The second-order valence-corrected chi connectivity index (χ2v) is 5.13. The Morgan fingerprint density at radius 3 is 2.29 bits per heavy atom. The minimum absolute atomic E-state index is 0.164. The molecular formula is C13H13N3O8. The maximum Gasteiger partial charge on any atom is 0.407 e. The molecule has 11 heteroatoms. The second kappa shape index (κ2) is 6.89. The molecule has 1 amide bonds. The first-order valence-electron chi connectivity index (χ1n) is 6.92. The van der Waals surface area contributed by atoms with Gasteiger partial charge in [0.25, 0.3) is 5.69 Å². The number of nitro benzene ring substituents is 2. The minimum Gasteiger partial charge on any atom is -0.465 e. The van der Waals surface area contributed by atoms with Crippen LogP contribution in [0.5, 0.6) is 5.75 Å². The molecule has 128 valence electrons. The van der Waals surface area contributed by atoms with Gasteiger partial charge in [-0.05, 0) is 18.9 Å². The number of carbonyl (C=O) groups excluding carboxylic acids is 1. The first-order valence-corrected chi connectivity index (χ1v) is 6.92. The van der Waals surface area contributed by atoms with Crippen molar-refractivity contribution in [3.05, 3.63) is 38.4 Å². The number of non-ortho nitro benzene ring substituents is 1. The van der Waals surface area contributed by atoms with Crippen molar-refractivity contribution in [1.82, 2.24) is 4.90 Å². The molecule has 0 saturated carbocycles. The van der Waals surface area contributed by atoms with Crippen molar-refractivity contribution in [3.63, 3.8) is 0 Å². The van der Waals surface area contributed by atoms with Crippen LogP contribution in [0.2, 0.25) is 0 Å². The number of carbonyl (C=O) groups is 2. The molecule has 0 spiro atoms. The van der Waals surface area contributed by atoms with Crippen molar-refractivity contribution >= 4 is 23.4 Å². The first-order chi connectivity index (χ1) is 11.3. The Labute approximate surface area is 134 Å². The van der Waals surface area contributed by atoms with E-state index in [1.165, 1.54) is 0 Å². The van der Waals surface area contributed by atoms with E-state index in [-0.39, 0.29) is 31.7 Å². The van der Waals surface area contributed by atoms with E-state index in [1.54, 1.807) is 0 Å². The van der Waals surface area contributed by atoms with Gasteiger partial charge in [0.05, 0.1) is 21.8 Å². The number of hydrogen-bond acceptors (Lipinski definition) is 7. The van der Waals surface area contributed by atoms with Gasteiger partial charge in [0.15, 0.2) is 0 Å². The van der Waals surface area contributed by atoms with Gasteiger partial charge in [-0.15, -0.1) is 0 Å². The monoisotopic (exact) mass is 339 g/mol. The number of ether oxygens (including phenoxy) is 1. The van der Waals surface area contributed by atoms with Crippen LogP contribution in [0.15, 0.2) is 18.2 Å². The lowest BCUT2D eigenvalue weighted by Crippen LogP contribution is -2.40. The molecule has 0 atom stereocenters. The number of hydrogen-bond donors (Lipinski definition) is 1. The Balaban J connectivity index is 2.10. The Hall–Kier alpha value is -3.24. The van der Waals surface area contributed by atoms with E-state index in [4.69, 9.17) is 9.84 Å². The van der Waals surface area contributed by atoms with Gasteiger partial charge in [-0.2, -0.15) is 0 Å². The summed E-state index contributed by atoms with van der Waals surface area (Å²) in [4.78, 5) is 44.1. The maximum atomic E-state index is 12.1. The zero-order valence-corrected chi connectivity index (χ0v) is 12.3. The van der Waals surface area contributed by atoms with Crippen molar-refractivity contribution in [2.45, 2.75) is 12.8 Å². The lowest BCUT2D eigenvalue weighted by Gasteiger charge is -2.28. The maximum absolute atomic E-state index is 12.1. The number of rotatable bonds is 4. The van der Waals surface area contributed by atoms with E-state index in [0.29, 0.717) is 0 Å². The SMILES string of the molecule is O=C(Oc1ccc([N+](=O)[O-])cc1[N+](=O)[O-])C1CCN(C(=O)O)CC1. The molecule has 0 radical (unpaired) electrons. The third kappa shape index (κ3) is 3.74. The topological polar surface area (TPSA) is 153 Å². The minimum atomic E-state index is -1.08. The molecule has 0 unspecified atom stereocenters. The third-order valence-electron chi connectivity index (χ3n) is 3.66. The molecule has 1 aliphatic rings. The molecule has 11 nitrogen and oxygen atoms in total. The Bertz CT molecular complexity index is 696. The van der Waals surface area contributed by atoms with E-state index in [1.807, 2.05) is 0 Å². The number of likely N-dealkylation sites (tertiary alicyclic amines) is 1. The summed E-state index contributed by atoms with van der Waals surface area (Å²) in [7, 11) is 0.